The van der Waals surface area contributed by atoms with E-state index in [0.717, 1.165) is 0 Å². The molecule has 0 bridgehead atoms. The monoisotopic (exact) mass is 356 g/mol. The number of H-pyrrole nitrogens is 1. The molecule has 6 N–H and O–H groups in total. The van der Waals surface area contributed by atoms with Gasteiger partial charge < -0.3 is 26.0 Å². The molecular weight excluding hydrogens is 332 g/mol. The minimum atomic E-state index is -1.27. The lowest BCUT2D eigenvalue weighted by atomic mass is 10.0. The molecule has 1 unspecified atom stereocenters. The first-order valence-electron chi connectivity index (χ1n) is 8.21. The molecular formula is C15H24N4O6. The third-order valence-corrected chi connectivity index (χ3v) is 4.16. The molecule has 1 aromatic heterocycles. The average Bonchev–Trinajstić information content (AvgIpc) is 2.87. The number of ether oxygens (including phenoxy) is 1. The zero-order valence-corrected chi connectivity index (χ0v) is 14.0. The number of nitrogens with zero attached hydrogens (tertiary/aromatic N) is 1. The van der Waals surface area contributed by atoms with Gasteiger partial charge in [0.25, 0.3) is 5.56 Å². The number of aromatic amines is 1. The molecule has 0 radical (unpaired) electrons. The van der Waals surface area contributed by atoms with Crippen LogP contribution in [0.5, 0.6) is 0 Å². The Kier molecular flexibility index (Phi) is 6.48. The molecule has 0 spiro atoms. The van der Waals surface area contributed by atoms with E-state index in [1.807, 2.05) is 0 Å². The van der Waals surface area contributed by atoms with Crippen molar-refractivity contribution in [3.05, 3.63) is 32.6 Å². The lowest BCUT2D eigenvalue weighted by Crippen LogP contribution is -2.37. The summed E-state index contributed by atoms with van der Waals surface area (Å²) in [6.07, 6.45) is -2.27. The molecule has 1 aliphatic rings. The van der Waals surface area contributed by atoms with Gasteiger partial charge in [0.1, 0.15) is 18.3 Å². The van der Waals surface area contributed by atoms with Crippen molar-refractivity contribution in [2.45, 2.75) is 50.7 Å². The zero-order valence-electron chi connectivity index (χ0n) is 14.0. The quantitative estimate of drug-likeness (QED) is 0.363. The number of carbonyl (C=O) groups excluding carboxylic acids is 1. The van der Waals surface area contributed by atoms with E-state index in [-0.39, 0.29) is 24.4 Å². The SMILES string of the molecule is CC[C@H]1O[C@@H](c2cn(CCC(=O)NCCN)c(=O)[nH]c2=O)C(O)[C@H]1O. The second-order valence-corrected chi connectivity index (χ2v) is 5.91. The number of nitrogens with one attached hydrogen (secondary N) is 2. The molecule has 4 atom stereocenters. The van der Waals surface area contributed by atoms with Crippen LogP contribution in [-0.2, 0) is 16.1 Å². The van der Waals surface area contributed by atoms with Gasteiger partial charge in [-0.25, -0.2) is 4.79 Å². The molecule has 10 nitrogen and oxygen atoms in total. The maximum Gasteiger partial charge on any atom is 0.328 e. The molecule has 0 saturated carbocycles. The Morgan fingerprint density at radius 1 is 1.40 bits per heavy atom. The molecule has 1 aliphatic heterocycles. The summed E-state index contributed by atoms with van der Waals surface area (Å²) in [5.74, 6) is -0.274. The van der Waals surface area contributed by atoms with Gasteiger partial charge in [0.2, 0.25) is 5.91 Å². The summed E-state index contributed by atoms with van der Waals surface area (Å²) in [6, 6.07) is 0. The molecule has 1 saturated heterocycles. The number of aliphatic hydroxyl groups excluding tert-OH is 2. The number of aromatic nitrogens is 2. The fourth-order valence-electron chi connectivity index (χ4n) is 2.76. The van der Waals surface area contributed by atoms with Crippen LogP contribution in [0.15, 0.2) is 15.8 Å². The highest BCUT2D eigenvalue weighted by Gasteiger charge is 2.43. The maximum atomic E-state index is 12.1. The molecule has 25 heavy (non-hydrogen) atoms. The van der Waals surface area contributed by atoms with Gasteiger partial charge in [-0.05, 0) is 6.42 Å². The van der Waals surface area contributed by atoms with Gasteiger partial charge in [0, 0.05) is 32.3 Å². The van der Waals surface area contributed by atoms with Crippen LogP contribution < -0.4 is 22.3 Å². The highest BCUT2D eigenvalue weighted by Crippen LogP contribution is 2.32. The van der Waals surface area contributed by atoms with Crippen molar-refractivity contribution in [1.29, 1.82) is 0 Å². The Balaban J connectivity index is 2.19. The van der Waals surface area contributed by atoms with Crippen molar-refractivity contribution in [2.24, 2.45) is 5.73 Å². The minimum Gasteiger partial charge on any atom is -0.388 e. The summed E-state index contributed by atoms with van der Waals surface area (Å²) in [5, 5.41) is 22.6. The lowest BCUT2D eigenvalue weighted by molar-refractivity contribution is -0.121. The number of carbonyl (C=O) groups is 1. The first-order chi connectivity index (χ1) is 11.9. The van der Waals surface area contributed by atoms with Crippen LogP contribution in [0.1, 0.15) is 31.4 Å². The Morgan fingerprint density at radius 3 is 2.72 bits per heavy atom. The van der Waals surface area contributed by atoms with Gasteiger partial charge in [-0.2, -0.15) is 0 Å². The molecule has 2 heterocycles. The standard InChI is InChI=1S/C15H24N4O6/c1-2-9-11(21)12(22)13(25-9)8-7-19(15(24)18-14(8)23)6-3-10(20)17-5-4-16/h7,9,11-13,21-22H,2-6,16H2,1H3,(H,17,20)(H,18,23,24)/t9-,11+,12?,13+/m1/s1. The topological polar surface area (TPSA) is 160 Å². The molecule has 0 aromatic carbocycles. The van der Waals surface area contributed by atoms with Crippen LogP contribution in [0, 0.1) is 0 Å². The third kappa shape index (κ3) is 4.34. The molecule has 0 aliphatic carbocycles. The summed E-state index contributed by atoms with van der Waals surface area (Å²) in [7, 11) is 0. The summed E-state index contributed by atoms with van der Waals surface area (Å²) >= 11 is 0. The van der Waals surface area contributed by atoms with Gasteiger partial charge in [-0.15, -0.1) is 0 Å². The first-order valence-corrected chi connectivity index (χ1v) is 8.21. The predicted molar refractivity (Wildman–Crippen MR) is 87.9 cm³/mol. The van der Waals surface area contributed by atoms with Crippen molar-refractivity contribution in [3.8, 4) is 0 Å². The third-order valence-electron chi connectivity index (χ3n) is 4.16. The highest BCUT2D eigenvalue weighted by molar-refractivity contribution is 5.75. The smallest absolute Gasteiger partial charge is 0.328 e. The van der Waals surface area contributed by atoms with Crippen molar-refractivity contribution in [1.82, 2.24) is 14.9 Å². The number of aryl methyl sites for hydroxylation is 1. The maximum absolute atomic E-state index is 12.1. The lowest BCUT2D eigenvalue weighted by Gasteiger charge is -2.15. The number of hydrogen-bond donors (Lipinski definition) is 5. The zero-order chi connectivity index (χ0) is 18.6. The average molecular weight is 356 g/mol. The molecule has 10 heteroatoms. The summed E-state index contributed by atoms with van der Waals surface area (Å²) < 4.78 is 6.71. The number of nitrogens with two attached hydrogens (primary N) is 1. The molecule has 140 valence electrons. The van der Waals surface area contributed by atoms with E-state index in [9.17, 15) is 24.6 Å². The highest BCUT2D eigenvalue weighted by atomic mass is 16.5. The summed E-state index contributed by atoms with van der Waals surface area (Å²) in [6.45, 7) is 2.48. The second kappa shape index (κ2) is 8.39. The van der Waals surface area contributed by atoms with Gasteiger partial charge in [-0.3, -0.25) is 19.1 Å². The first kappa shape index (κ1) is 19.3. The largest absolute Gasteiger partial charge is 0.388 e. The van der Waals surface area contributed by atoms with Crippen molar-refractivity contribution in [3.63, 3.8) is 0 Å². The summed E-state index contributed by atoms with van der Waals surface area (Å²) in [4.78, 5) is 37.7. The summed E-state index contributed by atoms with van der Waals surface area (Å²) in [5.41, 5.74) is 3.97. The Morgan fingerprint density at radius 2 is 2.12 bits per heavy atom. The van der Waals surface area contributed by atoms with Crippen LogP contribution in [-0.4, -0.2) is 57.1 Å². The van der Waals surface area contributed by atoms with E-state index < -0.39 is 35.7 Å². The van der Waals surface area contributed by atoms with Gasteiger partial charge >= 0.3 is 5.69 Å². The van der Waals surface area contributed by atoms with Crippen molar-refractivity contribution < 1.29 is 19.7 Å². The van der Waals surface area contributed by atoms with E-state index in [1.54, 1.807) is 6.92 Å². The van der Waals surface area contributed by atoms with Crippen molar-refractivity contribution >= 4 is 5.91 Å². The van der Waals surface area contributed by atoms with Gasteiger partial charge in [0.15, 0.2) is 0 Å². The number of amides is 1. The number of rotatable bonds is 7. The van der Waals surface area contributed by atoms with E-state index in [1.165, 1.54) is 10.8 Å². The molecule has 1 aromatic rings. The molecule has 1 amide bonds. The fraction of sp³-hybridized carbons (Fsp3) is 0.667. The van der Waals surface area contributed by atoms with Crippen molar-refractivity contribution in [2.75, 3.05) is 13.1 Å². The molecule has 1 fully saturated rings. The van der Waals surface area contributed by atoms with Crippen LogP contribution >= 0.6 is 0 Å². The van der Waals surface area contributed by atoms with Crippen LogP contribution in [0.4, 0.5) is 0 Å². The Bertz CT molecular complexity index is 715. The van der Waals surface area contributed by atoms with E-state index >= 15 is 0 Å². The van der Waals surface area contributed by atoms with Crippen LogP contribution in [0.3, 0.4) is 0 Å². The van der Waals surface area contributed by atoms with Gasteiger partial charge in [-0.1, -0.05) is 6.92 Å². The van der Waals surface area contributed by atoms with E-state index in [4.69, 9.17) is 10.5 Å². The predicted octanol–water partition coefficient (Wildman–Crippen LogP) is -2.43. The Labute approximate surface area is 143 Å². The van der Waals surface area contributed by atoms with Crippen LogP contribution in [0.25, 0.3) is 0 Å². The number of hydrogen-bond acceptors (Lipinski definition) is 7. The van der Waals surface area contributed by atoms with E-state index in [2.05, 4.69) is 10.3 Å². The second-order valence-electron chi connectivity index (χ2n) is 5.91. The minimum absolute atomic E-state index is 0.0275. The van der Waals surface area contributed by atoms with Crippen LogP contribution in [0.2, 0.25) is 0 Å². The number of aliphatic hydroxyl groups is 2. The normalized spacial score (nSPS) is 25.9. The van der Waals surface area contributed by atoms with E-state index in [0.29, 0.717) is 19.5 Å². The Hall–Kier alpha value is -2.01. The fourth-order valence-corrected chi connectivity index (χ4v) is 2.76. The molecule has 2 rings (SSSR count). The van der Waals surface area contributed by atoms with Gasteiger partial charge in [0.05, 0.1) is 11.7 Å².